The number of nitrogens with two attached hydrogens (primary N) is 1. The summed E-state index contributed by atoms with van der Waals surface area (Å²) in [7, 11) is 2.82. The molecule has 1 aromatic carbocycles. The molecule has 0 aromatic heterocycles. The van der Waals surface area contributed by atoms with Crippen LogP contribution >= 0.6 is 0 Å². The van der Waals surface area contributed by atoms with Crippen molar-refractivity contribution in [3.05, 3.63) is 45.7 Å². The van der Waals surface area contributed by atoms with E-state index in [2.05, 4.69) is 0 Å². The van der Waals surface area contributed by atoms with Gasteiger partial charge in [0.05, 0.1) is 23.6 Å². The molecule has 0 radical (unpaired) electrons. The van der Waals surface area contributed by atoms with Gasteiger partial charge in [0.15, 0.2) is 17.0 Å². The number of aromatic hydroxyl groups is 1. The summed E-state index contributed by atoms with van der Waals surface area (Å²) in [6.07, 6.45) is -7.68. The first-order chi connectivity index (χ1) is 20.3. The molecule has 5 rings (SSSR count). The van der Waals surface area contributed by atoms with Gasteiger partial charge in [-0.25, -0.2) is 0 Å². The van der Waals surface area contributed by atoms with E-state index in [-0.39, 0.29) is 30.8 Å². The number of hydrogen-bond acceptors (Lipinski definition) is 11. The van der Waals surface area contributed by atoms with Crippen LogP contribution in [0.5, 0.6) is 5.75 Å². The van der Waals surface area contributed by atoms with E-state index in [9.17, 15) is 58.2 Å². The zero-order chi connectivity index (χ0) is 32.8. The number of phenolic OH excluding ortho intramolecular Hbond substituents is 1. The van der Waals surface area contributed by atoms with Crippen LogP contribution in [-0.4, -0.2) is 115 Å². The molecule has 12 nitrogen and oxygen atoms in total. The summed E-state index contributed by atoms with van der Waals surface area (Å²) in [5.41, 5.74) is -1.82. The van der Waals surface area contributed by atoms with Crippen LogP contribution < -0.4 is 5.73 Å². The Morgan fingerprint density at radius 2 is 1.70 bits per heavy atom. The van der Waals surface area contributed by atoms with Crippen LogP contribution in [0.2, 0.25) is 0 Å². The number of primary amides is 1. The first-order valence-corrected chi connectivity index (χ1v) is 14.0. The maximum absolute atomic E-state index is 14.1. The fraction of sp³-hybridized carbons (Fsp3) is 0.552. The molecule has 1 saturated carbocycles. The van der Waals surface area contributed by atoms with Crippen molar-refractivity contribution in [3.8, 4) is 5.75 Å². The van der Waals surface area contributed by atoms with Crippen LogP contribution in [0.15, 0.2) is 29.0 Å². The van der Waals surface area contributed by atoms with Gasteiger partial charge in [-0.3, -0.25) is 24.2 Å². The molecule has 8 N–H and O–H groups in total. The molecule has 0 bridgehead atoms. The predicted octanol–water partition coefficient (Wildman–Crippen LogP) is 0.385. The van der Waals surface area contributed by atoms with Gasteiger partial charge in [-0.2, -0.15) is 13.2 Å². The lowest BCUT2D eigenvalue weighted by atomic mass is 9.54. The molecule has 0 spiro atoms. The Hall–Kier alpha value is -3.50. The van der Waals surface area contributed by atoms with Crippen molar-refractivity contribution >= 4 is 23.2 Å². The summed E-state index contributed by atoms with van der Waals surface area (Å²) in [6, 6.07) is 1.57. The maximum Gasteiger partial charge on any atom is 0.417 e. The number of piperidine rings is 1. The Morgan fingerprint density at radius 3 is 2.23 bits per heavy atom. The number of ketones is 2. The average molecular weight is 626 g/mol. The lowest BCUT2D eigenvalue weighted by Gasteiger charge is -2.53. The fourth-order valence-corrected chi connectivity index (χ4v) is 7.39. The topological polar surface area (TPSA) is 205 Å². The van der Waals surface area contributed by atoms with Crippen molar-refractivity contribution in [2.24, 2.45) is 17.6 Å². The van der Waals surface area contributed by atoms with Gasteiger partial charge in [0.2, 0.25) is 5.78 Å². The molecule has 44 heavy (non-hydrogen) atoms. The number of hydrogen-bond donors (Lipinski definition) is 7. The lowest BCUT2D eigenvalue weighted by molar-refractivity contribution is -0.272. The molecule has 15 heteroatoms. The van der Waals surface area contributed by atoms with Gasteiger partial charge in [-0.1, -0.05) is 19.1 Å². The molecular formula is C29H34F3N3O9. The minimum atomic E-state index is -4.79. The van der Waals surface area contributed by atoms with Crippen LogP contribution in [0.25, 0.3) is 5.76 Å². The minimum absolute atomic E-state index is 0.0613. The van der Waals surface area contributed by atoms with Crippen LogP contribution in [-0.2, 0) is 20.9 Å². The quantitative estimate of drug-likeness (QED) is 0.228. The molecule has 1 saturated heterocycles. The normalized spacial score (nSPS) is 32.5. The molecule has 1 heterocycles. The number of likely N-dealkylation sites (tertiary alicyclic amines) is 1. The van der Waals surface area contributed by atoms with E-state index in [0.717, 1.165) is 0 Å². The Bertz CT molecular complexity index is 1510. The second kappa shape index (κ2) is 10.3. The van der Waals surface area contributed by atoms with E-state index in [0.29, 0.717) is 5.56 Å². The minimum Gasteiger partial charge on any atom is -0.508 e. The molecule has 1 aliphatic heterocycles. The number of fused-ring (bicyclic) bond motifs is 3. The van der Waals surface area contributed by atoms with Crippen molar-refractivity contribution < 1.29 is 58.2 Å². The standard InChI is InChI=1S/C29H34F3N3O9/c1-11-13-5-4-12(10-35-8-6-27(43,7-9-35)29(30,31)32)20(36)15(13)21(37)16-14(11)22(38)18-19(34(2)3)23(39)17(26(33)42)25(41)28(18,44)24(16)40/h4-5,11,14,18-19,22,36-38,41,43-44H,6-10H2,1-3H3,(H2,33,42)/t11-,14+,18+,19-,22-,28-/m0/s1. The number of carbonyl (C=O) groups is 3. The number of aliphatic hydroxyl groups excluding tert-OH is 3. The number of phenols is 1. The van der Waals surface area contributed by atoms with Crippen molar-refractivity contribution in [3.63, 3.8) is 0 Å². The molecule has 2 fully saturated rings. The molecule has 1 aromatic rings. The van der Waals surface area contributed by atoms with Gasteiger partial charge in [0, 0.05) is 36.7 Å². The largest absolute Gasteiger partial charge is 0.508 e. The first kappa shape index (κ1) is 31.9. The zero-order valence-electron chi connectivity index (χ0n) is 24.1. The van der Waals surface area contributed by atoms with Gasteiger partial charge in [0.25, 0.3) is 5.91 Å². The molecule has 240 valence electrons. The van der Waals surface area contributed by atoms with E-state index in [1.54, 1.807) is 11.8 Å². The highest BCUT2D eigenvalue weighted by atomic mass is 19.4. The number of rotatable bonds is 4. The number of aliphatic hydroxyl groups is 5. The summed E-state index contributed by atoms with van der Waals surface area (Å²) in [5, 5.41) is 67.1. The van der Waals surface area contributed by atoms with E-state index >= 15 is 0 Å². The monoisotopic (exact) mass is 625 g/mol. The fourth-order valence-electron chi connectivity index (χ4n) is 7.39. The number of likely N-dealkylation sites (N-methyl/N-ethyl adjacent to an activating group) is 1. The highest BCUT2D eigenvalue weighted by molar-refractivity contribution is 6.24. The Morgan fingerprint density at radius 1 is 1.11 bits per heavy atom. The van der Waals surface area contributed by atoms with E-state index in [4.69, 9.17) is 5.73 Å². The van der Waals surface area contributed by atoms with Gasteiger partial charge in [-0.15, -0.1) is 0 Å². The van der Waals surface area contributed by atoms with Gasteiger partial charge >= 0.3 is 6.18 Å². The molecular weight excluding hydrogens is 591 g/mol. The van der Waals surface area contributed by atoms with Crippen LogP contribution in [0.4, 0.5) is 13.2 Å². The van der Waals surface area contributed by atoms with E-state index < -0.39 is 106 Å². The molecule has 1 amide bonds. The molecule has 0 unspecified atom stereocenters. The van der Waals surface area contributed by atoms with Crippen LogP contribution in [0.1, 0.15) is 42.4 Å². The van der Waals surface area contributed by atoms with Gasteiger partial charge in [0.1, 0.15) is 22.8 Å². The van der Waals surface area contributed by atoms with Crippen molar-refractivity contribution in [2.75, 3.05) is 27.2 Å². The highest BCUT2D eigenvalue weighted by Gasteiger charge is 2.68. The summed E-state index contributed by atoms with van der Waals surface area (Å²) < 4.78 is 39.7. The Balaban J connectivity index is 1.59. The number of Topliss-reactive ketones (excluding diaryl/α,β-unsaturated/α-hetero) is 2. The first-order valence-electron chi connectivity index (χ1n) is 14.0. The maximum atomic E-state index is 14.1. The summed E-state index contributed by atoms with van der Waals surface area (Å²) in [4.78, 5) is 42.3. The second-order valence-electron chi connectivity index (χ2n) is 12.4. The zero-order valence-corrected chi connectivity index (χ0v) is 24.1. The smallest absolute Gasteiger partial charge is 0.417 e. The summed E-state index contributed by atoms with van der Waals surface area (Å²) in [5.74, 6) is -10.0. The predicted molar refractivity (Wildman–Crippen MR) is 146 cm³/mol. The molecule has 3 aliphatic carbocycles. The van der Waals surface area contributed by atoms with Gasteiger partial charge < -0.3 is 36.4 Å². The van der Waals surface area contributed by atoms with Crippen molar-refractivity contribution in [1.29, 1.82) is 0 Å². The van der Waals surface area contributed by atoms with E-state index in [1.807, 2.05) is 0 Å². The SMILES string of the molecule is C[C@H]1c2ccc(CN3CCC(O)(C(F)(F)F)CC3)c(O)c2C(O)=C2C(=O)[C@]3(O)C(O)=C(C(N)=O)C(=O)[C@@H](N(C)C)[C@@H]3[C@@H](O)[C@@H]21. The summed E-state index contributed by atoms with van der Waals surface area (Å²) >= 11 is 0. The molecule has 6 atom stereocenters. The van der Waals surface area contributed by atoms with Crippen LogP contribution in [0, 0.1) is 11.8 Å². The van der Waals surface area contributed by atoms with Crippen LogP contribution in [0.3, 0.4) is 0 Å². The second-order valence-corrected chi connectivity index (χ2v) is 12.4. The highest BCUT2D eigenvalue weighted by Crippen LogP contribution is 2.56. The number of amides is 1. The molecule has 4 aliphatic rings. The number of benzene rings is 1. The number of alkyl halides is 3. The average Bonchev–Trinajstić information content (AvgIpc) is 2.92. The summed E-state index contributed by atoms with van der Waals surface area (Å²) in [6.45, 7) is 1.25. The number of carbonyl (C=O) groups excluding carboxylic acids is 3. The van der Waals surface area contributed by atoms with E-state index in [1.165, 1.54) is 31.1 Å². The number of nitrogens with zero attached hydrogens (tertiary/aromatic N) is 2. The number of halogens is 3. The van der Waals surface area contributed by atoms with Gasteiger partial charge in [-0.05, 0) is 38.4 Å². The Labute approximate surface area is 249 Å². The lowest BCUT2D eigenvalue weighted by Crippen LogP contribution is -2.70. The third kappa shape index (κ3) is 4.28. The van der Waals surface area contributed by atoms with Crippen molar-refractivity contribution in [2.45, 2.75) is 61.8 Å². The third-order valence-corrected chi connectivity index (χ3v) is 9.82. The Kier molecular flexibility index (Phi) is 7.45. The van der Waals surface area contributed by atoms with Crippen molar-refractivity contribution in [1.82, 2.24) is 9.80 Å². The third-order valence-electron chi connectivity index (χ3n) is 9.82.